The highest BCUT2D eigenvalue weighted by molar-refractivity contribution is 6.30. The minimum absolute atomic E-state index is 0.569. The number of hydrogen-bond donors (Lipinski definition) is 1. The molecule has 1 fully saturated rings. The first kappa shape index (κ1) is 13.9. The summed E-state index contributed by atoms with van der Waals surface area (Å²) in [5.74, 6) is 0. The Morgan fingerprint density at radius 1 is 1.32 bits per heavy atom. The molecule has 1 aromatic rings. The van der Waals surface area contributed by atoms with Crippen molar-refractivity contribution in [2.24, 2.45) is 5.16 Å². The lowest BCUT2D eigenvalue weighted by molar-refractivity contribution is 0.165. The van der Waals surface area contributed by atoms with Crippen LogP contribution in [0.2, 0.25) is 5.02 Å². The molecule has 102 valence electrons. The molecule has 0 aliphatic heterocycles. The molecule has 1 aliphatic rings. The molecule has 1 N–H and O–H groups in total. The van der Waals surface area contributed by atoms with Crippen LogP contribution in [0.3, 0.4) is 0 Å². The lowest BCUT2D eigenvalue weighted by atomic mass is 9.99. The number of halogens is 1. The summed E-state index contributed by atoms with van der Waals surface area (Å²) in [6.45, 7) is 1.89. The molecule has 0 spiro atoms. The van der Waals surface area contributed by atoms with Gasteiger partial charge in [0.25, 0.3) is 0 Å². The zero-order valence-electron chi connectivity index (χ0n) is 10.9. The Balaban J connectivity index is 1.92. The lowest BCUT2D eigenvalue weighted by Crippen LogP contribution is -2.14. The molecular formula is C14H17ClN2O2. The molecule has 0 unspecified atom stereocenters. The lowest BCUT2D eigenvalue weighted by Gasteiger charge is -2.11. The van der Waals surface area contributed by atoms with Gasteiger partial charge < -0.3 is 0 Å². The van der Waals surface area contributed by atoms with Crippen molar-refractivity contribution >= 4 is 29.1 Å². The smallest absolute Gasteiger partial charge is 0.298 e. The number of oxime groups is 1. The van der Waals surface area contributed by atoms with E-state index in [1.165, 1.54) is 6.42 Å². The van der Waals surface area contributed by atoms with Crippen molar-refractivity contribution in [2.75, 3.05) is 5.32 Å². The van der Waals surface area contributed by atoms with Gasteiger partial charge in [0.05, 0.1) is 5.71 Å². The van der Waals surface area contributed by atoms with Crippen LogP contribution in [0.25, 0.3) is 0 Å². The molecule has 4 nitrogen and oxygen atoms in total. The van der Waals surface area contributed by atoms with Crippen LogP contribution in [0.1, 0.15) is 37.7 Å². The number of carbonyl (C=O) groups excluding carboxylic acids is 1. The molecule has 1 saturated carbocycles. The van der Waals surface area contributed by atoms with Crippen LogP contribution in [0.15, 0.2) is 23.4 Å². The van der Waals surface area contributed by atoms with Crippen LogP contribution in [0, 0.1) is 6.92 Å². The van der Waals surface area contributed by atoms with Crippen molar-refractivity contribution in [1.29, 1.82) is 0 Å². The van der Waals surface area contributed by atoms with Gasteiger partial charge in [-0.3, -0.25) is 10.2 Å². The van der Waals surface area contributed by atoms with E-state index in [-0.39, 0.29) is 0 Å². The van der Waals surface area contributed by atoms with Gasteiger partial charge in [0, 0.05) is 10.7 Å². The third-order valence-electron chi connectivity index (χ3n) is 3.12. The Morgan fingerprint density at radius 2 is 2.05 bits per heavy atom. The fourth-order valence-electron chi connectivity index (χ4n) is 2.02. The Hall–Kier alpha value is -1.55. The number of nitrogens with one attached hydrogen (secondary N) is 1. The Morgan fingerprint density at radius 3 is 2.79 bits per heavy atom. The Bertz CT molecular complexity index is 492. The minimum atomic E-state index is -0.580. The standard InChI is InChI=1S/C14H17ClN2O2/c1-10-7-8-11(15)9-13(10)16-14(18)19-17-12-5-3-2-4-6-12/h7-9H,2-6H2,1H3,(H,16,18). The zero-order chi connectivity index (χ0) is 13.7. The maximum atomic E-state index is 11.6. The highest BCUT2D eigenvalue weighted by Crippen LogP contribution is 2.20. The highest BCUT2D eigenvalue weighted by atomic mass is 35.5. The summed E-state index contributed by atoms with van der Waals surface area (Å²) < 4.78 is 0. The van der Waals surface area contributed by atoms with E-state index >= 15 is 0 Å². The average Bonchev–Trinajstić information content (AvgIpc) is 2.42. The first-order chi connectivity index (χ1) is 9.15. The fourth-order valence-corrected chi connectivity index (χ4v) is 2.19. The van der Waals surface area contributed by atoms with E-state index in [9.17, 15) is 4.79 Å². The van der Waals surface area contributed by atoms with Crippen LogP contribution in [-0.4, -0.2) is 11.8 Å². The van der Waals surface area contributed by atoms with Crippen molar-refractivity contribution in [2.45, 2.75) is 39.0 Å². The topological polar surface area (TPSA) is 50.7 Å². The number of hydrogen-bond acceptors (Lipinski definition) is 3. The maximum absolute atomic E-state index is 11.6. The van der Waals surface area contributed by atoms with E-state index in [4.69, 9.17) is 16.4 Å². The maximum Gasteiger partial charge on any atom is 0.437 e. The largest absolute Gasteiger partial charge is 0.437 e. The van der Waals surface area contributed by atoms with E-state index < -0.39 is 6.09 Å². The van der Waals surface area contributed by atoms with Crippen molar-refractivity contribution < 1.29 is 9.63 Å². The summed E-state index contributed by atoms with van der Waals surface area (Å²) >= 11 is 5.88. The van der Waals surface area contributed by atoms with Gasteiger partial charge in [-0.15, -0.1) is 0 Å². The molecule has 5 heteroatoms. The number of amides is 1. The van der Waals surface area contributed by atoms with Crippen LogP contribution in [-0.2, 0) is 4.84 Å². The molecule has 0 radical (unpaired) electrons. The van der Waals surface area contributed by atoms with Gasteiger partial charge in [-0.2, -0.15) is 0 Å². The van der Waals surface area contributed by atoms with Gasteiger partial charge in [-0.05, 0) is 50.3 Å². The normalized spacial score (nSPS) is 14.9. The molecule has 2 rings (SSSR count). The third-order valence-corrected chi connectivity index (χ3v) is 3.36. The number of nitrogens with zero attached hydrogens (tertiary/aromatic N) is 1. The van der Waals surface area contributed by atoms with Gasteiger partial charge in [0.2, 0.25) is 0 Å². The highest BCUT2D eigenvalue weighted by Gasteiger charge is 2.10. The zero-order valence-corrected chi connectivity index (χ0v) is 11.7. The second kappa shape index (κ2) is 6.57. The molecule has 0 bridgehead atoms. The minimum Gasteiger partial charge on any atom is -0.298 e. The average molecular weight is 281 g/mol. The predicted octanol–water partition coefficient (Wildman–Crippen LogP) is 4.52. The molecule has 0 atom stereocenters. The monoisotopic (exact) mass is 280 g/mol. The van der Waals surface area contributed by atoms with Gasteiger partial charge in [0.15, 0.2) is 0 Å². The second-order valence-electron chi connectivity index (χ2n) is 4.68. The molecule has 0 heterocycles. The molecule has 0 aromatic heterocycles. The Kier molecular flexibility index (Phi) is 4.80. The molecule has 19 heavy (non-hydrogen) atoms. The Labute approximate surface area is 117 Å². The summed E-state index contributed by atoms with van der Waals surface area (Å²) in [5, 5.41) is 7.11. The molecule has 1 aromatic carbocycles. The SMILES string of the molecule is Cc1ccc(Cl)cc1NC(=O)ON=C1CCCCC1. The van der Waals surface area contributed by atoms with Gasteiger partial charge in [-0.1, -0.05) is 29.2 Å². The van der Waals surface area contributed by atoms with E-state index in [0.717, 1.165) is 37.0 Å². The number of anilines is 1. The predicted molar refractivity (Wildman–Crippen MR) is 76.8 cm³/mol. The quantitative estimate of drug-likeness (QED) is 0.640. The number of benzene rings is 1. The van der Waals surface area contributed by atoms with Gasteiger partial charge >= 0.3 is 6.09 Å². The van der Waals surface area contributed by atoms with E-state index in [1.807, 2.05) is 13.0 Å². The van der Waals surface area contributed by atoms with Gasteiger partial charge in [-0.25, -0.2) is 4.79 Å². The summed E-state index contributed by atoms with van der Waals surface area (Å²) in [7, 11) is 0. The summed E-state index contributed by atoms with van der Waals surface area (Å²) in [5.41, 5.74) is 2.53. The van der Waals surface area contributed by atoms with E-state index in [0.29, 0.717) is 10.7 Å². The van der Waals surface area contributed by atoms with Crippen LogP contribution in [0.4, 0.5) is 10.5 Å². The van der Waals surface area contributed by atoms with Crippen molar-refractivity contribution in [3.63, 3.8) is 0 Å². The van der Waals surface area contributed by atoms with E-state index in [2.05, 4.69) is 10.5 Å². The van der Waals surface area contributed by atoms with Crippen LogP contribution >= 0.6 is 11.6 Å². The van der Waals surface area contributed by atoms with Crippen molar-refractivity contribution in [3.05, 3.63) is 28.8 Å². The fraction of sp³-hybridized carbons (Fsp3) is 0.429. The van der Waals surface area contributed by atoms with Crippen molar-refractivity contribution in [1.82, 2.24) is 0 Å². The second-order valence-corrected chi connectivity index (χ2v) is 5.12. The number of aryl methyl sites for hydroxylation is 1. The molecule has 1 aliphatic carbocycles. The molecule has 1 amide bonds. The summed E-state index contributed by atoms with van der Waals surface area (Å²) in [6, 6.07) is 5.30. The van der Waals surface area contributed by atoms with Crippen molar-refractivity contribution in [3.8, 4) is 0 Å². The molecular weight excluding hydrogens is 264 g/mol. The first-order valence-corrected chi connectivity index (χ1v) is 6.83. The third kappa shape index (κ3) is 4.24. The van der Waals surface area contributed by atoms with Crippen LogP contribution < -0.4 is 5.32 Å². The summed E-state index contributed by atoms with van der Waals surface area (Å²) in [4.78, 5) is 16.5. The summed E-state index contributed by atoms with van der Waals surface area (Å²) in [6.07, 6.45) is 4.73. The van der Waals surface area contributed by atoms with E-state index in [1.54, 1.807) is 12.1 Å². The number of carbonyl (C=O) groups is 1. The molecule has 0 saturated heterocycles. The van der Waals surface area contributed by atoms with Gasteiger partial charge in [0.1, 0.15) is 0 Å². The van der Waals surface area contributed by atoms with Crippen LogP contribution in [0.5, 0.6) is 0 Å². The number of rotatable bonds is 2. The first-order valence-electron chi connectivity index (χ1n) is 6.45.